The molecule has 0 saturated carbocycles. The van der Waals surface area contributed by atoms with Gasteiger partial charge in [-0.3, -0.25) is 4.79 Å². The van der Waals surface area contributed by atoms with Gasteiger partial charge in [0.1, 0.15) is 11.1 Å². The number of nitrogens with zero attached hydrogens (tertiary/aromatic N) is 1. The number of hydrogen-bond donors (Lipinski definition) is 1. The Bertz CT molecular complexity index is 1190. The molecule has 0 atom stereocenters. The van der Waals surface area contributed by atoms with Crippen LogP contribution in [0.3, 0.4) is 0 Å². The van der Waals surface area contributed by atoms with Crippen LogP contribution in [0.4, 0.5) is 27.6 Å². The largest absolute Gasteiger partial charge is 0.436 e. The van der Waals surface area contributed by atoms with Crippen molar-refractivity contribution in [3.05, 3.63) is 69.7 Å². The summed E-state index contributed by atoms with van der Waals surface area (Å²) in [5.41, 5.74) is -0.865. The first kappa shape index (κ1) is 18.1. The number of carbonyl (C=O) groups excluding carboxylic acids is 1. The number of fused-ring (bicyclic) bond motifs is 1. The summed E-state index contributed by atoms with van der Waals surface area (Å²) in [5.74, 6) is -11.7. The molecule has 28 heavy (non-hydrogen) atoms. The standard InChI is InChI=1S/C18H7F5N2O2S/c19-12-11(13(20)15(22)16(23)14(12)21)18-25-8-6-7(3-4-9(8)27-18)24-17(26)10-2-1-5-28-10/h1-6H,(H,24,26). The van der Waals surface area contributed by atoms with Gasteiger partial charge in [-0.05, 0) is 29.6 Å². The molecule has 0 radical (unpaired) electrons. The maximum absolute atomic E-state index is 13.9. The van der Waals surface area contributed by atoms with Crippen molar-refractivity contribution < 1.29 is 31.2 Å². The second-order valence-electron chi connectivity index (χ2n) is 5.58. The molecule has 1 amide bonds. The van der Waals surface area contributed by atoms with Crippen LogP contribution in [0, 0.1) is 29.1 Å². The SMILES string of the molecule is O=C(Nc1ccc2oc(-c3c(F)c(F)c(F)c(F)c3F)nc2c1)c1cccs1. The van der Waals surface area contributed by atoms with E-state index >= 15 is 0 Å². The van der Waals surface area contributed by atoms with Crippen LogP contribution in [0.25, 0.3) is 22.6 Å². The van der Waals surface area contributed by atoms with E-state index in [0.717, 1.165) is 0 Å². The lowest BCUT2D eigenvalue weighted by atomic mass is 10.1. The van der Waals surface area contributed by atoms with E-state index in [-0.39, 0.29) is 17.0 Å². The number of carbonyl (C=O) groups is 1. The summed E-state index contributed by atoms with van der Waals surface area (Å²) in [6, 6.07) is 7.47. The van der Waals surface area contributed by atoms with Gasteiger partial charge in [0.15, 0.2) is 28.9 Å². The predicted molar refractivity (Wildman–Crippen MR) is 91.5 cm³/mol. The molecule has 0 spiro atoms. The van der Waals surface area contributed by atoms with Gasteiger partial charge in [-0.15, -0.1) is 11.3 Å². The summed E-state index contributed by atoms with van der Waals surface area (Å²) in [6.45, 7) is 0. The average Bonchev–Trinajstić information content (AvgIpc) is 3.34. The van der Waals surface area contributed by atoms with Crippen molar-refractivity contribution in [1.82, 2.24) is 4.98 Å². The van der Waals surface area contributed by atoms with E-state index in [9.17, 15) is 26.7 Å². The lowest BCUT2D eigenvalue weighted by Gasteiger charge is -2.04. The summed E-state index contributed by atoms with van der Waals surface area (Å²) in [6.07, 6.45) is 0. The van der Waals surface area contributed by atoms with Crippen molar-refractivity contribution in [1.29, 1.82) is 0 Å². The van der Waals surface area contributed by atoms with E-state index in [1.54, 1.807) is 17.5 Å². The summed E-state index contributed by atoms with van der Waals surface area (Å²) in [4.78, 5) is 16.3. The third-order valence-corrected chi connectivity index (χ3v) is 4.68. The highest BCUT2D eigenvalue weighted by atomic mass is 32.1. The Kier molecular flexibility index (Phi) is 4.34. The quantitative estimate of drug-likeness (QED) is 0.276. The van der Waals surface area contributed by atoms with E-state index < -0.39 is 40.5 Å². The topological polar surface area (TPSA) is 55.1 Å². The second kappa shape index (κ2) is 6.71. The first-order valence-electron chi connectivity index (χ1n) is 7.64. The number of oxazole rings is 1. The minimum Gasteiger partial charge on any atom is -0.436 e. The highest BCUT2D eigenvalue weighted by molar-refractivity contribution is 7.12. The Labute approximate surface area is 157 Å². The number of thiophene rings is 1. The lowest BCUT2D eigenvalue weighted by molar-refractivity contribution is 0.103. The van der Waals surface area contributed by atoms with Gasteiger partial charge < -0.3 is 9.73 Å². The van der Waals surface area contributed by atoms with E-state index in [0.29, 0.717) is 10.6 Å². The molecule has 10 heteroatoms. The van der Waals surface area contributed by atoms with Gasteiger partial charge in [0.2, 0.25) is 11.7 Å². The minimum absolute atomic E-state index is 0.0352. The maximum atomic E-state index is 13.9. The number of anilines is 1. The van der Waals surface area contributed by atoms with Crippen LogP contribution in [-0.2, 0) is 0 Å². The van der Waals surface area contributed by atoms with Crippen molar-refractivity contribution >= 4 is 34.0 Å². The molecular formula is C18H7F5N2O2S. The highest BCUT2D eigenvalue weighted by Crippen LogP contribution is 2.33. The summed E-state index contributed by atoms with van der Waals surface area (Å²) in [5, 5.41) is 4.33. The molecule has 1 N–H and O–H groups in total. The Balaban J connectivity index is 1.75. The van der Waals surface area contributed by atoms with E-state index in [4.69, 9.17) is 4.42 Å². The number of halogens is 5. The van der Waals surface area contributed by atoms with Gasteiger partial charge >= 0.3 is 0 Å². The molecule has 0 fully saturated rings. The maximum Gasteiger partial charge on any atom is 0.265 e. The Morgan fingerprint density at radius 3 is 2.29 bits per heavy atom. The number of benzene rings is 2. The molecule has 4 aromatic rings. The number of aromatic nitrogens is 1. The van der Waals surface area contributed by atoms with E-state index in [2.05, 4.69) is 10.3 Å². The van der Waals surface area contributed by atoms with E-state index in [1.807, 2.05) is 0 Å². The van der Waals surface area contributed by atoms with Gasteiger partial charge in [-0.1, -0.05) is 6.07 Å². The van der Waals surface area contributed by atoms with E-state index in [1.165, 1.54) is 29.5 Å². The average molecular weight is 410 g/mol. The zero-order valence-electron chi connectivity index (χ0n) is 13.5. The summed E-state index contributed by atoms with van der Waals surface area (Å²) < 4.78 is 73.0. The summed E-state index contributed by atoms with van der Waals surface area (Å²) >= 11 is 1.23. The third-order valence-electron chi connectivity index (χ3n) is 3.81. The number of hydrogen-bond acceptors (Lipinski definition) is 4. The number of nitrogens with one attached hydrogen (secondary N) is 1. The molecule has 142 valence electrons. The summed E-state index contributed by atoms with van der Waals surface area (Å²) in [7, 11) is 0. The number of rotatable bonds is 3. The molecule has 2 aromatic carbocycles. The molecule has 0 aliphatic heterocycles. The van der Waals surface area contributed by atoms with Crippen LogP contribution < -0.4 is 5.32 Å². The van der Waals surface area contributed by atoms with Crippen molar-refractivity contribution in [3.63, 3.8) is 0 Å². The zero-order chi connectivity index (χ0) is 20.0. The zero-order valence-corrected chi connectivity index (χ0v) is 14.3. The van der Waals surface area contributed by atoms with Crippen molar-refractivity contribution in [3.8, 4) is 11.5 Å². The Hall–Kier alpha value is -3.27. The lowest BCUT2D eigenvalue weighted by Crippen LogP contribution is -2.09. The molecule has 0 unspecified atom stereocenters. The second-order valence-corrected chi connectivity index (χ2v) is 6.53. The molecular weight excluding hydrogens is 403 g/mol. The molecule has 0 aliphatic rings. The van der Waals surface area contributed by atoms with Crippen molar-refractivity contribution in [2.24, 2.45) is 0 Å². The van der Waals surface area contributed by atoms with Crippen LogP contribution >= 0.6 is 11.3 Å². The predicted octanol–water partition coefficient (Wildman–Crippen LogP) is 5.50. The van der Waals surface area contributed by atoms with Crippen molar-refractivity contribution in [2.75, 3.05) is 5.32 Å². The van der Waals surface area contributed by atoms with Crippen LogP contribution in [0.15, 0.2) is 40.1 Å². The van der Waals surface area contributed by atoms with Crippen molar-refractivity contribution in [2.45, 2.75) is 0 Å². The Morgan fingerprint density at radius 2 is 1.64 bits per heavy atom. The van der Waals surface area contributed by atoms with Gasteiger partial charge in [0, 0.05) is 5.69 Å². The molecule has 4 nitrogen and oxygen atoms in total. The Morgan fingerprint density at radius 1 is 0.964 bits per heavy atom. The minimum atomic E-state index is -2.27. The molecule has 0 aliphatic carbocycles. The first-order valence-corrected chi connectivity index (χ1v) is 8.52. The monoisotopic (exact) mass is 410 g/mol. The van der Waals surface area contributed by atoms with Crippen LogP contribution in [0.5, 0.6) is 0 Å². The van der Waals surface area contributed by atoms with Crippen LogP contribution in [-0.4, -0.2) is 10.9 Å². The fourth-order valence-electron chi connectivity index (χ4n) is 2.51. The molecule has 2 heterocycles. The molecule has 4 rings (SSSR count). The third kappa shape index (κ3) is 2.91. The van der Waals surface area contributed by atoms with Gasteiger partial charge in [-0.25, -0.2) is 26.9 Å². The molecule has 2 aromatic heterocycles. The van der Waals surface area contributed by atoms with Gasteiger partial charge in [0.25, 0.3) is 5.91 Å². The van der Waals surface area contributed by atoms with Crippen LogP contribution in [0.2, 0.25) is 0 Å². The molecule has 0 bridgehead atoms. The van der Waals surface area contributed by atoms with Crippen LogP contribution in [0.1, 0.15) is 9.67 Å². The fourth-order valence-corrected chi connectivity index (χ4v) is 3.12. The smallest absolute Gasteiger partial charge is 0.265 e. The normalized spacial score (nSPS) is 11.2. The first-order chi connectivity index (χ1) is 13.4. The molecule has 0 saturated heterocycles. The number of amides is 1. The fraction of sp³-hybridized carbons (Fsp3) is 0. The van der Waals surface area contributed by atoms with Gasteiger partial charge in [-0.2, -0.15) is 0 Å². The van der Waals surface area contributed by atoms with Gasteiger partial charge in [0.05, 0.1) is 4.88 Å². The highest BCUT2D eigenvalue weighted by Gasteiger charge is 2.29.